The first kappa shape index (κ1) is 15.5. The van der Waals surface area contributed by atoms with Crippen LogP contribution in [0.3, 0.4) is 0 Å². The number of fused-ring (bicyclic) bond motifs is 1. The van der Waals surface area contributed by atoms with Crippen molar-refractivity contribution in [2.75, 3.05) is 18.4 Å². The minimum Gasteiger partial charge on any atom is -0.368 e. The van der Waals surface area contributed by atoms with Crippen molar-refractivity contribution in [3.63, 3.8) is 0 Å². The van der Waals surface area contributed by atoms with E-state index in [1.807, 2.05) is 24.0 Å². The lowest BCUT2D eigenvalue weighted by Gasteiger charge is -2.19. The lowest BCUT2D eigenvalue weighted by molar-refractivity contribution is 0.0758. The van der Waals surface area contributed by atoms with Crippen LogP contribution in [0.5, 0.6) is 0 Å². The number of carbonyl (C=O) groups excluding carboxylic acids is 1. The van der Waals surface area contributed by atoms with Crippen LogP contribution in [0.4, 0.5) is 5.82 Å². The van der Waals surface area contributed by atoms with E-state index in [4.69, 9.17) is 0 Å². The van der Waals surface area contributed by atoms with Gasteiger partial charge in [0.15, 0.2) is 0 Å². The van der Waals surface area contributed by atoms with Crippen LogP contribution in [0, 0.1) is 6.92 Å². The quantitative estimate of drug-likeness (QED) is 0.911. The highest BCUT2D eigenvalue weighted by atomic mass is 16.2. The van der Waals surface area contributed by atoms with Gasteiger partial charge in [-0.1, -0.05) is 0 Å². The second-order valence-electron chi connectivity index (χ2n) is 6.22. The molecule has 1 aliphatic rings. The summed E-state index contributed by atoms with van der Waals surface area (Å²) in [7, 11) is 0. The number of amides is 1. The fourth-order valence-corrected chi connectivity index (χ4v) is 2.95. The summed E-state index contributed by atoms with van der Waals surface area (Å²) in [5.74, 6) is 1.73. The van der Waals surface area contributed by atoms with Crippen molar-refractivity contribution in [2.45, 2.75) is 39.7 Å². The number of rotatable bonds is 3. The molecule has 2 N–H and O–H groups in total. The summed E-state index contributed by atoms with van der Waals surface area (Å²) < 4.78 is 0. The smallest absolute Gasteiger partial charge is 0.270 e. The molecule has 0 unspecified atom stereocenters. The van der Waals surface area contributed by atoms with Crippen molar-refractivity contribution < 1.29 is 4.79 Å². The molecule has 0 saturated carbocycles. The number of carbonyl (C=O) groups is 1. The van der Waals surface area contributed by atoms with Crippen molar-refractivity contribution >= 4 is 11.7 Å². The third kappa shape index (κ3) is 3.36. The number of anilines is 1. The fourth-order valence-electron chi connectivity index (χ4n) is 2.95. The zero-order chi connectivity index (χ0) is 16.4. The monoisotopic (exact) mass is 313 g/mol. The van der Waals surface area contributed by atoms with E-state index in [2.05, 4.69) is 34.1 Å². The van der Waals surface area contributed by atoms with Crippen LogP contribution < -0.4 is 5.32 Å². The van der Waals surface area contributed by atoms with Gasteiger partial charge in [-0.3, -0.25) is 4.79 Å². The molecule has 0 fully saturated rings. The molecule has 1 amide bonds. The van der Waals surface area contributed by atoms with Gasteiger partial charge in [0.1, 0.15) is 17.3 Å². The highest BCUT2D eigenvalue weighted by Gasteiger charge is 2.23. The Morgan fingerprint density at radius 3 is 2.78 bits per heavy atom. The van der Waals surface area contributed by atoms with E-state index in [0.29, 0.717) is 24.8 Å². The van der Waals surface area contributed by atoms with Crippen LogP contribution >= 0.6 is 0 Å². The molecule has 2 aromatic heterocycles. The number of H-pyrrole nitrogens is 1. The van der Waals surface area contributed by atoms with Crippen LogP contribution in [0.25, 0.3) is 0 Å². The Kier molecular flexibility index (Phi) is 4.32. The first-order chi connectivity index (χ1) is 11.0. The number of aromatic amines is 1. The molecule has 23 heavy (non-hydrogen) atoms. The molecule has 0 aromatic carbocycles. The van der Waals surface area contributed by atoms with Crippen molar-refractivity contribution in [1.82, 2.24) is 19.9 Å². The predicted octanol–water partition coefficient (Wildman–Crippen LogP) is 2.17. The van der Waals surface area contributed by atoms with Gasteiger partial charge < -0.3 is 15.2 Å². The maximum Gasteiger partial charge on any atom is 0.270 e. The molecule has 3 heterocycles. The van der Waals surface area contributed by atoms with Gasteiger partial charge in [0.05, 0.1) is 5.69 Å². The summed E-state index contributed by atoms with van der Waals surface area (Å²) in [6.45, 7) is 7.48. The predicted molar refractivity (Wildman–Crippen MR) is 89.6 cm³/mol. The zero-order valence-corrected chi connectivity index (χ0v) is 13.9. The number of hydrogen-bond acceptors (Lipinski definition) is 4. The Morgan fingerprint density at radius 2 is 2.09 bits per heavy atom. The van der Waals surface area contributed by atoms with Gasteiger partial charge >= 0.3 is 0 Å². The maximum absolute atomic E-state index is 12.5. The number of nitrogens with zero attached hydrogens (tertiary/aromatic N) is 3. The van der Waals surface area contributed by atoms with E-state index in [-0.39, 0.29) is 5.91 Å². The normalized spacial score (nSPS) is 14.5. The van der Waals surface area contributed by atoms with Gasteiger partial charge in [0.2, 0.25) is 0 Å². The summed E-state index contributed by atoms with van der Waals surface area (Å²) in [6.07, 6.45) is 3.31. The SMILES string of the molecule is Cc1nc2c(c(NC(C)C)n1)CCN(C(=O)c1ccc[nH]1)CC2. The van der Waals surface area contributed by atoms with Crippen molar-refractivity contribution in [2.24, 2.45) is 0 Å². The average Bonchev–Trinajstić information content (AvgIpc) is 2.93. The topological polar surface area (TPSA) is 73.9 Å². The summed E-state index contributed by atoms with van der Waals surface area (Å²) in [5.41, 5.74) is 2.84. The van der Waals surface area contributed by atoms with Crippen LogP contribution in [-0.4, -0.2) is 44.9 Å². The summed E-state index contributed by atoms with van der Waals surface area (Å²) in [5, 5.41) is 3.41. The largest absolute Gasteiger partial charge is 0.368 e. The van der Waals surface area contributed by atoms with Gasteiger partial charge in [-0.15, -0.1) is 0 Å². The van der Waals surface area contributed by atoms with E-state index in [1.165, 1.54) is 0 Å². The third-order valence-electron chi connectivity index (χ3n) is 4.00. The summed E-state index contributed by atoms with van der Waals surface area (Å²) in [4.78, 5) is 26.6. The second-order valence-corrected chi connectivity index (χ2v) is 6.22. The van der Waals surface area contributed by atoms with Crippen LogP contribution in [-0.2, 0) is 12.8 Å². The highest BCUT2D eigenvalue weighted by Crippen LogP contribution is 2.22. The fraction of sp³-hybridized carbons (Fsp3) is 0.471. The zero-order valence-electron chi connectivity index (χ0n) is 13.9. The van der Waals surface area contributed by atoms with Crippen LogP contribution in [0.15, 0.2) is 18.3 Å². The Bertz CT molecular complexity index is 693. The van der Waals surface area contributed by atoms with Crippen LogP contribution in [0.1, 0.15) is 41.4 Å². The van der Waals surface area contributed by atoms with Gasteiger partial charge in [0.25, 0.3) is 5.91 Å². The average molecular weight is 313 g/mol. The molecule has 6 heteroatoms. The van der Waals surface area contributed by atoms with Gasteiger partial charge in [-0.2, -0.15) is 0 Å². The lowest BCUT2D eigenvalue weighted by Crippen LogP contribution is -2.33. The van der Waals surface area contributed by atoms with Crippen molar-refractivity contribution in [3.05, 3.63) is 41.1 Å². The van der Waals surface area contributed by atoms with Crippen molar-refractivity contribution in [1.29, 1.82) is 0 Å². The Balaban J connectivity index is 1.83. The number of aryl methyl sites for hydroxylation is 1. The maximum atomic E-state index is 12.5. The molecule has 3 rings (SSSR count). The number of nitrogens with one attached hydrogen (secondary N) is 2. The molecule has 0 spiro atoms. The second kappa shape index (κ2) is 6.40. The minimum atomic E-state index is 0.0471. The molecular weight excluding hydrogens is 290 g/mol. The van der Waals surface area contributed by atoms with Gasteiger partial charge in [0, 0.05) is 37.3 Å². The van der Waals surface area contributed by atoms with Crippen LogP contribution in [0.2, 0.25) is 0 Å². The van der Waals surface area contributed by atoms with Gasteiger partial charge in [-0.05, 0) is 39.3 Å². The number of hydrogen-bond donors (Lipinski definition) is 2. The Labute approximate surface area is 136 Å². The molecule has 1 aliphatic heterocycles. The molecule has 0 radical (unpaired) electrons. The molecule has 0 aliphatic carbocycles. The Morgan fingerprint density at radius 1 is 1.30 bits per heavy atom. The van der Waals surface area contributed by atoms with E-state index >= 15 is 0 Å². The molecular formula is C17H23N5O. The number of aromatic nitrogens is 3. The molecule has 2 aromatic rings. The molecule has 0 saturated heterocycles. The molecule has 0 bridgehead atoms. The standard InChI is InChI=1S/C17H23N5O/c1-11(2)19-16-13-6-9-22(17(23)15-5-4-8-18-15)10-7-14(13)20-12(3)21-16/h4-5,8,11,18H,6-7,9-10H2,1-3H3,(H,19,20,21). The first-order valence-corrected chi connectivity index (χ1v) is 8.10. The van der Waals surface area contributed by atoms with E-state index in [9.17, 15) is 4.79 Å². The molecule has 0 atom stereocenters. The molecule has 6 nitrogen and oxygen atoms in total. The van der Waals surface area contributed by atoms with Crippen molar-refractivity contribution in [3.8, 4) is 0 Å². The lowest BCUT2D eigenvalue weighted by atomic mass is 10.1. The summed E-state index contributed by atoms with van der Waals surface area (Å²) in [6, 6.07) is 3.98. The van der Waals surface area contributed by atoms with Gasteiger partial charge in [-0.25, -0.2) is 9.97 Å². The highest BCUT2D eigenvalue weighted by molar-refractivity contribution is 5.92. The third-order valence-corrected chi connectivity index (χ3v) is 4.00. The van der Waals surface area contributed by atoms with E-state index < -0.39 is 0 Å². The van der Waals surface area contributed by atoms with E-state index in [0.717, 1.165) is 35.7 Å². The van der Waals surface area contributed by atoms with E-state index in [1.54, 1.807) is 6.20 Å². The minimum absolute atomic E-state index is 0.0471. The summed E-state index contributed by atoms with van der Waals surface area (Å²) >= 11 is 0. The first-order valence-electron chi connectivity index (χ1n) is 8.10. The molecule has 122 valence electrons. The Hall–Kier alpha value is -2.37.